The number of aliphatic hydroxyl groups is 1. The highest BCUT2D eigenvalue weighted by molar-refractivity contribution is 5.89. The molecule has 5 nitrogen and oxygen atoms in total. The van der Waals surface area contributed by atoms with Gasteiger partial charge in [0.2, 0.25) is 11.8 Å². The maximum Gasteiger partial charge on any atom is 0.225 e. The second kappa shape index (κ2) is 7.25. The fourth-order valence-corrected chi connectivity index (χ4v) is 3.44. The lowest BCUT2D eigenvalue weighted by Gasteiger charge is -2.33. The molecule has 0 aromatic heterocycles. The van der Waals surface area contributed by atoms with E-state index in [2.05, 4.69) is 12.2 Å². The Labute approximate surface area is 127 Å². The van der Waals surface area contributed by atoms with Crippen LogP contribution in [0.1, 0.15) is 52.4 Å². The molecule has 0 aromatic rings. The van der Waals surface area contributed by atoms with E-state index in [1.807, 2.05) is 11.8 Å². The second-order valence-electron chi connectivity index (χ2n) is 6.78. The lowest BCUT2D eigenvalue weighted by atomic mass is 9.87. The number of hydrogen-bond donors (Lipinski definition) is 2. The molecule has 120 valence electrons. The number of carbonyl (C=O) groups excluding carboxylic acids is 2. The third-order valence-electron chi connectivity index (χ3n) is 4.91. The number of hydrogen-bond acceptors (Lipinski definition) is 3. The van der Waals surface area contributed by atoms with E-state index in [4.69, 9.17) is 5.11 Å². The van der Waals surface area contributed by atoms with Gasteiger partial charge in [-0.15, -0.1) is 0 Å². The number of amides is 2. The first kappa shape index (κ1) is 16.3. The van der Waals surface area contributed by atoms with Gasteiger partial charge in [-0.3, -0.25) is 9.59 Å². The maximum absolute atomic E-state index is 12.2. The molecule has 0 aromatic carbocycles. The number of aliphatic hydroxyl groups excluding tert-OH is 1. The average molecular weight is 296 g/mol. The molecule has 5 heteroatoms. The summed E-state index contributed by atoms with van der Waals surface area (Å²) in [5, 5.41) is 11.8. The van der Waals surface area contributed by atoms with Gasteiger partial charge < -0.3 is 15.3 Å². The second-order valence-corrected chi connectivity index (χ2v) is 6.78. The van der Waals surface area contributed by atoms with Gasteiger partial charge in [-0.05, 0) is 44.9 Å². The van der Waals surface area contributed by atoms with Crippen LogP contribution in [0, 0.1) is 11.8 Å². The van der Waals surface area contributed by atoms with Crippen LogP contribution in [-0.2, 0) is 9.59 Å². The van der Waals surface area contributed by atoms with E-state index >= 15 is 0 Å². The average Bonchev–Trinajstić information content (AvgIpc) is 2.82. The standard InChI is InChI=1S/C16H28N2O3/c1-11-3-5-14(6-4-11)18-10-13(9-15(18)20)16(21)17-12(2)7-8-19/h11-14,19H,3-10H2,1-2H3,(H,17,21). The summed E-state index contributed by atoms with van der Waals surface area (Å²) >= 11 is 0. The first-order valence-corrected chi connectivity index (χ1v) is 8.22. The predicted octanol–water partition coefficient (Wildman–Crippen LogP) is 1.30. The van der Waals surface area contributed by atoms with Gasteiger partial charge in [0.25, 0.3) is 0 Å². The zero-order valence-corrected chi connectivity index (χ0v) is 13.2. The molecule has 2 aliphatic rings. The van der Waals surface area contributed by atoms with Crippen molar-refractivity contribution in [2.24, 2.45) is 11.8 Å². The van der Waals surface area contributed by atoms with E-state index in [1.54, 1.807) is 0 Å². The van der Waals surface area contributed by atoms with Gasteiger partial charge >= 0.3 is 0 Å². The van der Waals surface area contributed by atoms with E-state index in [-0.39, 0.29) is 30.4 Å². The fraction of sp³-hybridized carbons (Fsp3) is 0.875. The molecule has 2 unspecified atom stereocenters. The zero-order valence-electron chi connectivity index (χ0n) is 13.2. The molecule has 1 saturated carbocycles. The Balaban J connectivity index is 1.85. The van der Waals surface area contributed by atoms with Crippen LogP contribution in [0.25, 0.3) is 0 Å². The van der Waals surface area contributed by atoms with Crippen molar-refractivity contribution in [2.45, 2.75) is 64.5 Å². The lowest BCUT2D eigenvalue weighted by Crippen LogP contribution is -2.41. The Hall–Kier alpha value is -1.10. The van der Waals surface area contributed by atoms with E-state index < -0.39 is 0 Å². The normalized spacial score (nSPS) is 31.3. The Morgan fingerprint density at radius 2 is 2.05 bits per heavy atom. The maximum atomic E-state index is 12.2. The van der Waals surface area contributed by atoms with Crippen LogP contribution in [0.15, 0.2) is 0 Å². The van der Waals surface area contributed by atoms with E-state index in [9.17, 15) is 9.59 Å². The third-order valence-corrected chi connectivity index (χ3v) is 4.91. The van der Waals surface area contributed by atoms with Crippen molar-refractivity contribution in [3.8, 4) is 0 Å². The molecule has 0 radical (unpaired) electrons. The van der Waals surface area contributed by atoms with Gasteiger partial charge in [0, 0.05) is 31.7 Å². The van der Waals surface area contributed by atoms with Crippen LogP contribution in [0.3, 0.4) is 0 Å². The quantitative estimate of drug-likeness (QED) is 0.803. The minimum absolute atomic E-state index is 0.0396. The molecule has 1 heterocycles. The van der Waals surface area contributed by atoms with Crippen LogP contribution in [-0.4, -0.2) is 47.1 Å². The van der Waals surface area contributed by atoms with Crippen molar-refractivity contribution in [2.75, 3.05) is 13.2 Å². The number of nitrogens with zero attached hydrogens (tertiary/aromatic N) is 1. The highest BCUT2D eigenvalue weighted by atomic mass is 16.3. The molecule has 2 rings (SSSR count). The van der Waals surface area contributed by atoms with Crippen LogP contribution in [0.5, 0.6) is 0 Å². The van der Waals surface area contributed by atoms with Gasteiger partial charge in [0.05, 0.1) is 5.92 Å². The summed E-state index contributed by atoms with van der Waals surface area (Å²) in [5.74, 6) is 0.621. The van der Waals surface area contributed by atoms with Crippen molar-refractivity contribution in [3.05, 3.63) is 0 Å². The Morgan fingerprint density at radius 3 is 2.67 bits per heavy atom. The monoisotopic (exact) mass is 296 g/mol. The summed E-state index contributed by atoms with van der Waals surface area (Å²) in [4.78, 5) is 26.3. The van der Waals surface area contributed by atoms with Crippen molar-refractivity contribution in [1.82, 2.24) is 10.2 Å². The number of nitrogens with one attached hydrogen (secondary N) is 1. The Morgan fingerprint density at radius 1 is 1.38 bits per heavy atom. The third kappa shape index (κ3) is 4.19. The minimum atomic E-state index is -0.224. The summed E-state index contributed by atoms with van der Waals surface area (Å²) in [6, 6.07) is 0.295. The van der Waals surface area contributed by atoms with Crippen molar-refractivity contribution in [3.63, 3.8) is 0 Å². The van der Waals surface area contributed by atoms with Gasteiger partial charge in [-0.2, -0.15) is 0 Å². The largest absolute Gasteiger partial charge is 0.396 e. The molecule has 2 N–H and O–H groups in total. The molecule has 0 spiro atoms. The van der Waals surface area contributed by atoms with E-state index in [0.29, 0.717) is 25.4 Å². The lowest BCUT2D eigenvalue weighted by molar-refractivity contribution is -0.131. The first-order chi connectivity index (χ1) is 10.0. The van der Waals surface area contributed by atoms with Gasteiger partial charge in [0.15, 0.2) is 0 Å². The van der Waals surface area contributed by atoms with Crippen molar-refractivity contribution >= 4 is 11.8 Å². The molecular formula is C16H28N2O3. The highest BCUT2D eigenvalue weighted by Gasteiger charge is 2.38. The van der Waals surface area contributed by atoms with Gasteiger partial charge in [-0.1, -0.05) is 6.92 Å². The highest BCUT2D eigenvalue weighted by Crippen LogP contribution is 2.31. The summed E-state index contributed by atoms with van der Waals surface area (Å²) in [7, 11) is 0. The molecule has 2 atom stereocenters. The van der Waals surface area contributed by atoms with Crippen molar-refractivity contribution in [1.29, 1.82) is 0 Å². The number of rotatable bonds is 5. The molecule has 2 fully saturated rings. The van der Waals surface area contributed by atoms with Crippen LogP contribution in [0.2, 0.25) is 0 Å². The minimum Gasteiger partial charge on any atom is -0.396 e. The molecule has 1 aliphatic carbocycles. The van der Waals surface area contributed by atoms with Crippen LogP contribution >= 0.6 is 0 Å². The fourth-order valence-electron chi connectivity index (χ4n) is 3.44. The SMILES string of the molecule is CC1CCC(N2CC(C(=O)NC(C)CCO)CC2=O)CC1. The summed E-state index contributed by atoms with van der Waals surface area (Å²) in [6.07, 6.45) is 5.39. The topological polar surface area (TPSA) is 69.6 Å². The smallest absolute Gasteiger partial charge is 0.225 e. The Bertz CT molecular complexity index is 378. The van der Waals surface area contributed by atoms with Gasteiger partial charge in [-0.25, -0.2) is 0 Å². The molecular weight excluding hydrogens is 268 g/mol. The van der Waals surface area contributed by atoms with Crippen LogP contribution in [0.4, 0.5) is 0 Å². The summed E-state index contributed by atoms with van der Waals surface area (Å²) in [6.45, 7) is 4.78. The van der Waals surface area contributed by atoms with Crippen molar-refractivity contribution < 1.29 is 14.7 Å². The molecule has 1 aliphatic heterocycles. The molecule has 0 bridgehead atoms. The van der Waals surface area contributed by atoms with Gasteiger partial charge in [0.1, 0.15) is 0 Å². The number of likely N-dealkylation sites (tertiary alicyclic amines) is 1. The predicted molar refractivity (Wildman–Crippen MR) is 80.5 cm³/mol. The summed E-state index contributed by atoms with van der Waals surface area (Å²) < 4.78 is 0. The molecule has 2 amide bonds. The molecule has 21 heavy (non-hydrogen) atoms. The van der Waals surface area contributed by atoms with Crippen LogP contribution < -0.4 is 5.32 Å². The number of carbonyl (C=O) groups is 2. The summed E-state index contributed by atoms with van der Waals surface area (Å²) in [5.41, 5.74) is 0. The van der Waals surface area contributed by atoms with E-state index in [0.717, 1.165) is 18.8 Å². The zero-order chi connectivity index (χ0) is 15.4. The Kier molecular flexibility index (Phi) is 5.62. The first-order valence-electron chi connectivity index (χ1n) is 8.22. The molecule has 1 saturated heterocycles. The van der Waals surface area contributed by atoms with E-state index in [1.165, 1.54) is 12.8 Å².